The van der Waals surface area contributed by atoms with Crippen molar-refractivity contribution in [1.29, 1.82) is 0 Å². The van der Waals surface area contributed by atoms with E-state index in [0.717, 1.165) is 0 Å². The Morgan fingerprint density at radius 1 is 1.20 bits per heavy atom. The van der Waals surface area contributed by atoms with Gasteiger partial charge in [-0.3, -0.25) is 0 Å². The van der Waals surface area contributed by atoms with Gasteiger partial charge < -0.3 is 0 Å². The molecular weight excluding hydrogens is 382 g/mol. The van der Waals surface area contributed by atoms with Crippen molar-refractivity contribution in [1.82, 2.24) is 4.31 Å². The lowest BCUT2D eigenvalue weighted by Crippen LogP contribution is -2.56. The summed E-state index contributed by atoms with van der Waals surface area (Å²) in [6.45, 7) is 16.2. The van der Waals surface area contributed by atoms with Gasteiger partial charge in [0.2, 0.25) is 0 Å². The molecule has 2 atom stereocenters. The van der Waals surface area contributed by atoms with Crippen LogP contribution >= 0.6 is 11.9 Å². The van der Waals surface area contributed by atoms with Crippen LogP contribution < -0.4 is 0 Å². The van der Waals surface area contributed by atoms with Crippen molar-refractivity contribution < 1.29 is 0 Å². The average Bonchev–Trinajstić information content (AvgIpc) is 2.64. The minimum absolute atomic E-state index is 0.495. The molecule has 1 nitrogen and oxygen atoms in total. The Labute approximate surface area is 189 Å². The summed E-state index contributed by atoms with van der Waals surface area (Å²) in [5.74, 6) is 1.08. The van der Waals surface area contributed by atoms with Crippen molar-refractivity contribution in [3.8, 4) is 0 Å². The zero-order chi connectivity index (χ0) is 21.3. The largest absolute Gasteiger partial charge is 0.245 e. The average molecular weight is 424 g/mol. The SMILES string of the molecule is C=C(C)C1CCC(C)=CC1c1ccc(CCCCC)c(SN2CC3(CCC3)C2)c1C. The smallest absolute Gasteiger partial charge is 0.0294 e. The number of benzene rings is 1. The highest BCUT2D eigenvalue weighted by atomic mass is 32.2. The highest BCUT2D eigenvalue weighted by molar-refractivity contribution is 7.97. The van der Waals surface area contributed by atoms with Gasteiger partial charge in [0.15, 0.2) is 0 Å². The van der Waals surface area contributed by atoms with Crippen molar-refractivity contribution in [3.05, 3.63) is 52.6 Å². The highest BCUT2D eigenvalue weighted by Crippen LogP contribution is 2.52. The second kappa shape index (κ2) is 9.25. The van der Waals surface area contributed by atoms with Crippen LogP contribution in [0.4, 0.5) is 0 Å². The summed E-state index contributed by atoms with van der Waals surface area (Å²) < 4.78 is 2.65. The van der Waals surface area contributed by atoms with E-state index in [1.54, 1.807) is 21.6 Å². The van der Waals surface area contributed by atoms with Crippen LogP contribution in [0.15, 0.2) is 40.8 Å². The summed E-state index contributed by atoms with van der Waals surface area (Å²) in [6, 6.07) is 4.92. The molecule has 2 fully saturated rings. The topological polar surface area (TPSA) is 3.24 Å². The molecule has 164 valence electrons. The number of aryl methyl sites for hydroxylation is 1. The molecule has 3 aliphatic rings. The molecule has 1 aliphatic heterocycles. The van der Waals surface area contributed by atoms with Crippen LogP contribution in [0, 0.1) is 18.3 Å². The maximum Gasteiger partial charge on any atom is 0.0294 e. The van der Waals surface area contributed by atoms with Gasteiger partial charge in [0.05, 0.1) is 0 Å². The van der Waals surface area contributed by atoms with E-state index in [4.69, 9.17) is 0 Å². The number of allylic oxidation sites excluding steroid dienone is 3. The maximum absolute atomic E-state index is 4.36. The molecule has 0 bridgehead atoms. The van der Waals surface area contributed by atoms with E-state index >= 15 is 0 Å². The van der Waals surface area contributed by atoms with Crippen LogP contribution in [0.25, 0.3) is 0 Å². The number of nitrogens with zero attached hydrogens (tertiary/aromatic N) is 1. The second-order valence-electron chi connectivity index (χ2n) is 10.5. The Morgan fingerprint density at radius 2 is 1.97 bits per heavy atom. The summed E-state index contributed by atoms with van der Waals surface area (Å²) in [7, 11) is 0. The molecule has 1 saturated carbocycles. The van der Waals surface area contributed by atoms with Gasteiger partial charge in [-0.2, -0.15) is 0 Å². The zero-order valence-electron chi connectivity index (χ0n) is 19.7. The van der Waals surface area contributed by atoms with Gasteiger partial charge in [-0.1, -0.05) is 62.1 Å². The first-order chi connectivity index (χ1) is 14.4. The minimum atomic E-state index is 0.495. The van der Waals surface area contributed by atoms with Gasteiger partial charge >= 0.3 is 0 Å². The molecule has 2 aliphatic carbocycles. The van der Waals surface area contributed by atoms with E-state index in [1.807, 2.05) is 0 Å². The van der Waals surface area contributed by atoms with Crippen LogP contribution in [0.2, 0.25) is 0 Å². The molecule has 2 heteroatoms. The van der Waals surface area contributed by atoms with E-state index in [-0.39, 0.29) is 0 Å². The molecule has 0 amide bonds. The molecule has 1 aromatic rings. The van der Waals surface area contributed by atoms with Gasteiger partial charge in [-0.25, -0.2) is 4.31 Å². The molecule has 4 rings (SSSR count). The maximum atomic E-state index is 4.36. The minimum Gasteiger partial charge on any atom is -0.245 e. The molecule has 0 aromatic heterocycles. The fourth-order valence-corrected chi connectivity index (χ4v) is 7.31. The van der Waals surface area contributed by atoms with Gasteiger partial charge in [0, 0.05) is 23.9 Å². The molecule has 1 saturated heterocycles. The van der Waals surface area contributed by atoms with Crippen molar-refractivity contribution in [2.24, 2.45) is 11.3 Å². The Kier molecular flexibility index (Phi) is 6.85. The number of rotatable bonds is 8. The van der Waals surface area contributed by atoms with E-state index in [0.29, 0.717) is 17.3 Å². The van der Waals surface area contributed by atoms with Gasteiger partial charge in [0.25, 0.3) is 0 Å². The Morgan fingerprint density at radius 3 is 2.60 bits per heavy atom. The normalized spacial score (nSPS) is 25.5. The lowest BCUT2D eigenvalue weighted by Gasteiger charge is -2.55. The summed E-state index contributed by atoms with van der Waals surface area (Å²) in [6.07, 6.45) is 14.5. The second-order valence-corrected chi connectivity index (χ2v) is 11.6. The first-order valence-corrected chi connectivity index (χ1v) is 13.1. The van der Waals surface area contributed by atoms with Crippen LogP contribution in [0.5, 0.6) is 0 Å². The molecule has 2 unspecified atom stereocenters. The van der Waals surface area contributed by atoms with Crippen LogP contribution in [-0.4, -0.2) is 17.4 Å². The van der Waals surface area contributed by atoms with Gasteiger partial charge in [0.1, 0.15) is 0 Å². The predicted molar refractivity (Wildman–Crippen MR) is 132 cm³/mol. The van der Waals surface area contributed by atoms with Crippen molar-refractivity contribution in [2.75, 3.05) is 13.1 Å². The Balaban J connectivity index is 1.62. The van der Waals surface area contributed by atoms with E-state index in [9.17, 15) is 0 Å². The monoisotopic (exact) mass is 423 g/mol. The molecule has 1 aromatic carbocycles. The van der Waals surface area contributed by atoms with E-state index in [2.05, 4.69) is 68.7 Å². The van der Waals surface area contributed by atoms with Crippen molar-refractivity contribution >= 4 is 11.9 Å². The van der Waals surface area contributed by atoms with Crippen LogP contribution in [-0.2, 0) is 6.42 Å². The fraction of sp³-hybridized carbons (Fsp3) is 0.643. The molecule has 0 radical (unpaired) electrons. The third-order valence-electron chi connectivity index (χ3n) is 7.98. The third-order valence-corrected chi connectivity index (χ3v) is 9.24. The number of unbranched alkanes of at least 4 members (excludes halogenated alkanes) is 2. The number of hydrogen-bond acceptors (Lipinski definition) is 2. The van der Waals surface area contributed by atoms with Crippen molar-refractivity contribution in [3.63, 3.8) is 0 Å². The summed E-state index contributed by atoms with van der Waals surface area (Å²) in [5, 5.41) is 0. The molecule has 0 N–H and O–H groups in total. The molecule has 1 spiro atoms. The fourth-order valence-electron chi connectivity index (χ4n) is 5.83. The van der Waals surface area contributed by atoms with E-state index < -0.39 is 0 Å². The summed E-state index contributed by atoms with van der Waals surface area (Å²) >= 11 is 2.07. The standard InChI is InChI=1S/C28H41NS/c1-6-7-8-10-23-12-14-25(26-17-21(4)11-13-24(26)20(2)3)22(5)27(23)30-29-18-28(19-29)15-9-16-28/h12,14,17,24,26H,2,6-11,13,15-16,18-19H2,1,3-5H3. The van der Waals surface area contributed by atoms with Crippen molar-refractivity contribution in [2.45, 2.75) is 96.3 Å². The first-order valence-electron chi connectivity index (χ1n) is 12.3. The Hall–Kier alpha value is -0.990. The lowest BCUT2D eigenvalue weighted by atomic mass is 9.65. The molecule has 1 heterocycles. The third kappa shape index (κ3) is 4.46. The highest BCUT2D eigenvalue weighted by Gasteiger charge is 2.47. The predicted octanol–water partition coefficient (Wildman–Crippen LogP) is 8.24. The van der Waals surface area contributed by atoms with Crippen LogP contribution in [0.1, 0.15) is 94.7 Å². The summed E-state index contributed by atoms with van der Waals surface area (Å²) in [5.41, 5.74) is 8.24. The Bertz CT molecular complexity index is 808. The van der Waals surface area contributed by atoms with Gasteiger partial charge in [-0.15, -0.1) is 0 Å². The van der Waals surface area contributed by atoms with Crippen LogP contribution in [0.3, 0.4) is 0 Å². The quantitative estimate of drug-likeness (QED) is 0.235. The molecule has 30 heavy (non-hydrogen) atoms. The zero-order valence-corrected chi connectivity index (χ0v) is 20.5. The van der Waals surface area contributed by atoms with Gasteiger partial charge in [-0.05, 0) is 99.3 Å². The first kappa shape index (κ1) is 22.2. The lowest BCUT2D eigenvalue weighted by molar-refractivity contribution is -0.00157. The molecular formula is C28H41NS. The number of hydrogen-bond donors (Lipinski definition) is 0. The summed E-state index contributed by atoms with van der Waals surface area (Å²) in [4.78, 5) is 1.56. The van der Waals surface area contributed by atoms with E-state index in [1.165, 1.54) is 82.0 Å².